The molecular weight excluding hydrogens is 310 g/mol. The zero-order valence-electron chi connectivity index (χ0n) is 13.2. The molecule has 3 rings (SSSR count). The fraction of sp³-hybridized carbons (Fsp3) is 0.375. The van der Waals surface area contributed by atoms with Crippen molar-refractivity contribution in [1.29, 1.82) is 0 Å². The molecule has 126 valence electrons. The van der Waals surface area contributed by atoms with E-state index in [1.165, 1.54) is 4.68 Å². The van der Waals surface area contributed by atoms with Gasteiger partial charge in [0.15, 0.2) is 5.82 Å². The summed E-state index contributed by atoms with van der Waals surface area (Å²) < 4.78 is 1.33. The summed E-state index contributed by atoms with van der Waals surface area (Å²) >= 11 is 0. The molecule has 1 aliphatic heterocycles. The van der Waals surface area contributed by atoms with Crippen LogP contribution in [0.25, 0.3) is 0 Å². The van der Waals surface area contributed by atoms with Crippen molar-refractivity contribution in [3.05, 3.63) is 61.6 Å². The van der Waals surface area contributed by atoms with Gasteiger partial charge in [0.25, 0.3) is 5.56 Å². The average molecular weight is 329 g/mol. The highest BCUT2D eigenvalue weighted by Crippen LogP contribution is 2.20. The fourth-order valence-corrected chi connectivity index (χ4v) is 2.89. The summed E-state index contributed by atoms with van der Waals surface area (Å²) in [6.07, 6.45) is 3.00. The van der Waals surface area contributed by atoms with Gasteiger partial charge in [-0.1, -0.05) is 30.3 Å². The summed E-state index contributed by atoms with van der Waals surface area (Å²) in [5, 5.41) is 7.71. The molecule has 0 saturated carbocycles. The number of hydrogen-bond donors (Lipinski definition) is 2. The van der Waals surface area contributed by atoms with Crippen LogP contribution in [0.5, 0.6) is 0 Å². The van der Waals surface area contributed by atoms with Crippen molar-refractivity contribution in [2.45, 2.75) is 25.8 Å². The van der Waals surface area contributed by atoms with Gasteiger partial charge in [0, 0.05) is 19.6 Å². The molecule has 0 atom stereocenters. The van der Waals surface area contributed by atoms with E-state index in [0.29, 0.717) is 19.6 Å². The smallest absolute Gasteiger partial charge is 0.349 e. The van der Waals surface area contributed by atoms with Gasteiger partial charge in [0.2, 0.25) is 5.69 Å². The largest absolute Gasteiger partial charge is 0.364 e. The van der Waals surface area contributed by atoms with Crippen molar-refractivity contribution >= 4 is 11.5 Å². The Labute approximate surface area is 138 Å². The molecule has 1 aromatic heterocycles. The van der Waals surface area contributed by atoms with E-state index in [2.05, 4.69) is 15.5 Å². The van der Waals surface area contributed by atoms with E-state index >= 15 is 0 Å². The molecule has 0 unspecified atom stereocenters. The quantitative estimate of drug-likeness (QED) is 0.813. The summed E-state index contributed by atoms with van der Waals surface area (Å²) in [5.74, 6) is 0.143. The normalized spacial score (nSPS) is 14.4. The lowest BCUT2D eigenvalue weighted by Gasteiger charge is -2.31. The number of piperidine rings is 1. The maximum absolute atomic E-state index is 12.3. The third-order valence-corrected chi connectivity index (χ3v) is 4.07. The molecule has 1 aromatic carbocycles. The molecular formula is C16H19N5O3. The molecule has 8 heteroatoms. The van der Waals surface area contributed by atoms with E-state index in [0.717, 1.165) is 24.8 Å². The molecule has 0 aliphatic carbocycles. The van der Waals surface area contributed by atoms with Crippen LogP contribution < -0.4 is 21.6 Å². The Kier molecular flexibility index (Phi) is 4.74. The standard InChI is InChI=1S/C16H19N5O3/c22-15-13(19-24)14(17-11-12-7-3-1-4-8-12)21(16(23)18-15)20-9-5-2-6-10-20/h1,3-4,7-8,17H,2,5-6,9-11H2,(H,18,22,23). The maximum Gasteiger partial charge on any atom is 0.349 e. The summed E-state index contributed by atoms with van der Waals surface area (Å²) in [6.45, 7) is 1.74. The van der Waals surface area contributed by atoms with Crippen LogP contribution in [0, 0.1) is 4.91 Å². The minimum atomic E-state index is -0.779. The Hall–Kier alpha value is -2.90. The van der Waals surface area contributed by atoms with Gasteiger partial charge in [-0.25, -0.2) is 4.79 Å². The Morgan fingerprint density at radius 3 is 2.46 bits per heavy atom. The van der Waals surface area contributed by atoms with Crippen molar-refractivity contribution in [3.63, 3.8) is 0 Å². The van der Waals surface area contributed by atoms with Gasteiger partial charge in [-0.15, -0.1) is 4.91 Å². The topological polar surface area (TPSA) is 99.6 Å². The van der Waals surface area contributed by atoms with Crippen LogP contribution in [0.4, 0.5) is 11.5 Å². The highest BCUT2D eigenvalue weighted by Gasteiger charge is 2.21. The zero-order chi connectivity index (χ0) is 16.9. The summed E-state index contributed by atoms with van der Waals surface area (Å²) in [6, 6.07) is 9.52. The zero-order valence-corrected chi connectivity index (χ0v) is 13.2. The van der Waals surface area contributed by atoms with Crippen LogP contribution in [0.1, 0.15) is 24.8 Å². The van der Waals surface area contributed by atoms with Gasteiger partial charge in [0.05, 0.1) is 0 Å². The monoisotopic (exact) mass is 329 g/mol. The van der Waals surface area contributed by atoms with Gasteiger partial charge in [-0.2, -0.15) is 4.68 Å². The number of nitrogens with one attached hydrogen (secondary N) is 2. The molecule has 1 saturated heterocycles. The molecule has 8 nitrogen and oxygen atoms in total. The number of aromatic nitrogens is 2. The van der Waals surface area contributed by atoms with E-state index in [1.807, 2.05) is 35.3 Å². The van der Waals surface area contributed by atoms with Crippen LogP contribution >= 0.6 is 0 Å². The first-order valence-corrected chi connectivity index (χ1v) is 7.96. The highest BCUT2D eigenvalue weighted by atomic mass is 16.3. The number of benzene rings is 1. The third-order valence-electron chi connectivity index (χ3n) is 4.07. The number of nitrogens with zero attached hydrogens (tertiary/aromatic N) is 3. The second-order valence-electron chi connectivity index (χ2n) is 5.71. The first-order valence-electron chi connectivity index (χ1n) is 7.96. The summed E-state index contributed by atoms with van der Waals surface area (Å²) in [4.78, 5) is 37.6. The van der Waals surface area contributed by atoms with Crippen molar-refractivity contribution in [2.24, 2.45) is 5.18 Å². The second-order valence-corrected chi connectivity index (χ2v) is 5.71. The van der Waals surface area contributed by atoms with E-state index in [4.69, 9.17) is 0 Å². The first-order chi connectivity index (χ1) is 11.7. The lowest BCUT2D eigenvalue weighted by atomic mass is 10.2. The second kappa shape index (κ2) is 7.12. The Bertz CT molecular complexity index is 822. The molecule has 24 heavy (non-hydrogen) atoms. The van der Waals surface area contributed by atoms with Gasteiger partial charge in [-0.05, 0) is 30.0 Å². The molecule has 0 spiro atoms. The SMILES string of the molecule is O=Nc1c(NCc2ccccc2)n(N2CCCCC2)c(=O)[nH]c1=O. The van der Waals surface area contributed by atoms with Gasteiger partial charge >= 0.3 is 5.69 Å². The number of hydrogen-bond acceptors (Lipinski definition) is 6. The molecule has 1 fully saturated rings. The van der Waals surface area contributed by atoms with Gasteiger partial charge in [0.1, 0.15) is 0 Å². The molecule has 2 N–H and O–H groups in total. The molecule has 0 amide bonds. The summed E-state index contributed by atoms with van der Waals surface area (Å²) in [5.41, 5.74) is -0.688. The minimum absolute atomic E-state index is 0.143. The van der Waals surface area contributed by atoms with Gasteiger partial charge < -0.3 is 10.3 Å². The van der Waals surface area contributed by atoms with E-state index in [9.17, 15) is 14.5 Å². The van der Waals surface area contributed by atoms with Crippen molar-refractivity contribution in [3.8, 4) is 0 Å². The number of H-pyrrole nitrogens is 1. The lowest BCUT2D eigenvalue weighted by Crippen LogP contribution is -2.48. The number of nitroso groups, excluding NO2 is 1. The van der Waals surface area contributed by atoms with Crippen molar-refractivity contribution in [2.75, 3.05) is 23.4 Å². The molecule has 0 bridgehead atoms. The van der Waals surface area contributed by atoms with Crippen molar-refractivity contribution in [1.82, 2.24) is 9.66 Å². The Morgan fingerprint density at radius 2 is 1.79 bits per heavy atom. The van der Waals surface area contributed by atoms with E-state index < -0.39 is 11.2 Å². The van der Waals surface area contributed by atoms with E-state index in [1.54, 1.807) is 0 Å². The van der Waals surface area contributed by atoms with E-state index in [-0.39, 0.29) is 11.5 Å². The minimum Gasteiger partial charge on any atom is -0.364 e. The van der Waals surface area contributed by atoms with Crippen LogP contribution in [0.15, 0.2) is 45.1 Å². The molecule has 1 aliphatic rings. The van der Waals surface area contributed by atoms with Crippen LogP contribution in [0.3, 0.4) is 0 Å². The molecule has 0 radical (unpaired) electrons. The summed E-state index contributed by atoms with van der Waals surface area (Å²) in [7, 11) is 0. The lowest BCUT2D eigenvalue weighted by molar-refractivity contribution is 0.467. The maximum atomic E-state index is 12.3. The van der Waals surface area contributed by atoms with Crippen LogP contribution in [-0.2, 0) is 6.54 Å². The number of rotatable bonds is 5. The number of anilines is 1. The average Bonchev–Trinajstić information content (AvgIpc) is 2.61. The predicted octanol–water partition coefficient (Wildman–Crippen LogP) is 1.67. The number of aromatic amines is 1. The van der Waals surface area contributed by atoms with Crippen LogP contribution in [0.2, 0.25) is 0 Å². The fourth-order valence-electron chi connectivity index (χ4n) is 2.89. The Morgan fingerprint density at radius 1 is 1.08 bits per heavy atom. The molecule has 2 heterocycles. The highest BCUT2D eigenvalue weighted by molar-refractivity contribution is 5.60. The predicted molar refractivity (Wildman–Crippen MR) is 92.3 cm³/mol. The third kappa shape index (κ3) is 3.22. The van der Waals surface area contributed by atoms with Crippen molar-refractivity contribution < 1.29 is 0 Å². The van der Waals surface area contributed by atoms with Gasteiger partial charge in [-0.3, -0.25) is 9.78 Å². The Balaban J connectivity index is 2.01. The first kappa shape index (κ1) is 16.0. The molecule has 2 aromatic rings. The van der Waals surface area contributed by atoms with Crippen LogP contribution in [-0.4, -0.2) is 22.7 Å².